The number of hydrogen-bond donors (Lipinski definition) is 1. The molecule has 0 amide bonds. The Morgan fingerprint density at radius 2 is 1.86 bits per heavy atom. The predicted octanol–water partition coefficient (Wildman–Crippen LogP) is 3.45. The van der Waals surface area contributed by atoms with Crippen molar-refractivity contribution in [2.24, 2.45) is 16.7 Å². The smallest absolute Gasteiger partial charge is 0.0146 e. The predicted molar refractivity (Wildman–Crippen MR) is 63.4 cm³/mol. The lowest BCUT2D eigenvalue weighted by Crippen LogP contribution is -2.47. The highest BCUT2D eigenvalue weighted by atomic mass is 14.9. The highest BCUT2D eigenvalue weighted by Crippen LogP contribution is 2.47. The summed E-state index contributed by atoms with van der Waals surface area (Å²) in [6, 6.07) is 0.653. The third-order valence-electron chi connectivity index (χ3n) is 3.99. The lowest BCUT2D eigenvalue weighted by Gasteiger charge is -2.41. The van der Waals surface area contributed by atoms with Gasteiger partial charge < -0.3 is 5.32 Å². The number of nitrogens with one attached hydrogen (secondary N) is 1. The van der Waals surface area contributed by atoms with Crippen LogP contribution in [0.5, 0.6) is 0 Å². The maximum absolute atomic E-state index is 3.54. The van der Waals surface area contributed by atoms with Gasteiger partial charge in [0.2, 0.25) is 0 Å². The van der Waals surface area contributed by atoms with Gasteiger partial charge in [-0.2, -0.15) is 0 Å². The van der Waals surface area contributed by atoms with Crippen molar-refractivity contribution in [1.29, 1.82) is 0 Å². The molecule has 1 saturated carbocycles. The topological polar surface area (TPSA) is 12.0 Å². The lowest BCUT2D eigenvalue weighted by atomic mass is 9.69. The van der Waals surface area contributed by atoms with E-state index < -0.39 is 0 Å². The molecule has 1 N–H and O–H groups in total. The summed E-state index contributed by atoms with van der Waals surface area (Å²) in [5.74, 6) is 0.840. The molecule has 0 aromatic carbocycles. The van der Waals surface area contributed by atoms with Crippen LogP contribution >= 0.6 is 0 Å². The second-order valence-corrected chi connectivity index (χ2v) is 6.62. The molecule has 0 spiro atoms. The van der Waals surface area contributed by atoms with Crippen LogP contribution in [-0.4, -0.2) is 13.1 Å². The van der Waals surface area contributed by atoms with E-state index in [0.717, 1.165) is 5.92 Å². The first-order chi connectivity index (χ1) is 6.29. The van der Waals surface area contributed by atoms with Crippen molar-refractivity contribution in [1.82, 2.24) is 5.32 Å². The van der Waals surface area contributed by atoms with Crippen LogP contribution in [-0.2, 0) is 0 Å². The van der Waals surface area contributed by atoms with E-state index in [0.29, 0.717) is 16.9 Å². The van der Waals surface area contributed by atoms with Crippen LogP contribution in [0.25, 0.3) is 0 Å². The summed E-state index contributed by atoms with van der Waals surface area (Å²) in [6.45, 7) is 11.9. The van der Waals surface area contributed by atoms with E-state index in [1.54, 1.807) is 0 Å². The maximum Gasteiger partial charge on any atom is 0.0146 e. The molecule has 1 heteroatoms. The highest BCUT2D eigenvalue weighted by molar-refractivity contribution is 4.96. The van der Waals surface area contributed by atoms with E-state index in [1.807, 2.05) is 0 Å². The summed E-state index contributed by atoms with van der Waals surface area (Å²) in [4.78, 5) is 0. The van der Waals surface area contributed by atoms with Gasteiger partial charge in [0.15, 0.2) is 0 Å². The maximum atomic E-state index is 3.54. The van der Waals surface area contributed by atoms with Gasteiger partial charge in [-0.25, -0.2) is 0 Å². The Morgan fingerprint density at radius 1 is 1.29 bits per heavy atom. The standard InChI is InChI=1S/C13H27N/c1-12(2,3)11(14-6)10-8-7-9-13(10,4)5/h10-11,14H,7-9H2,1-6H3. The molecule has 2 atom stereocenters. The van der Waals surface area contributed by atoms with E-state index in [4.69, 9.17) is 0 Å². The molecular formula is C13H27N. The molecule has 0 radical (unpaired) electrons. The van der Waals surface area contributed by atoms with Crippen LogP contribution in [0.4, 0.5) is 0 Å². The van der Waals surface area contributed by atoms with Crippen molar-refractivity contribution in [3.63, 3.8) is 0 Å². The Morgan fingerprint density at radius 3 is 2.14 bits per heavy atom. The van der Waals surface area contributed by atoms with E-state index in [9.17, 15) is 0 Å². The Hall–Kier alpha value is -0.0400. The monoisotopic (exact) mass is 197 g/mol. The first-order valence-corrected chi connectivity index (χ1v) is 5.96. The lowest BCUT2D eigenvalue weighted by molar-refractivity contribution is 0.122. The van der Waals surface area contributed by atoms with Gasteiger partial charge in [0.25, 0.3) is 0 Å². The van der Waals surface area contributed by atoms with Gasteiger partial charge in [-0.15, -0.1) is 0 Å². The van der Waals surface area contributed by atoms with Crippen LogP contribution in [0.1, 0.15) is 53.9 Å². The van der Waals surface area contributed by atoms with Gasteiger partial charge in [-0.1, -0.05) is 41.0 Å². The van der Waals surface area contributed by atoms with Crippen LogP contribution < -0.4 is 5.32 Å². The molecule has 1 aliphatic rings. The van der Waals surface area contributed by atoms with Gasteiger partial charge in [0.1, 0.15) is 0 Å². The Bertz CT molecular complexity index is 188. The fraction of sp³-hybridized carbons (Fsp3) is 1.00. The van der Waals surface area contributed by atoms with Gasteiger partial charge in [-0.05, 0) is 36.6 Å². The zero-order valence-electron chi connectivity index (χ0n) is 10.8. The SMILES string of the molecule is CNC(C1CCCC1(C)C)C(C)(C)C. The zero-order valence-corrected chi connectivity index (χ0v) is 10.8. The third kappa shape index (κ3) is 2.31. The second-order valence-electron chi connectivity index (χ2n) is 6.62. The van der Waals surface area contributed by atoms with E-state index in [-0.39, 0.29) is 0 Å². The average molecular weight is 197 g/mol. The molecule has 1 fully saturated rings. The number of rotatable bonds is 2. The molecule has 0 bridgehead atoms. The van der Waals surface area contributed by atoms with Crippen LogP contribution in [0.2, 0.25) is 0 Å². The summed E-state index contributed by atoms with van der Waals surface area (Å²) in [5.41, 5.74) is 0.905. The van der Waals surface area contributed by atoms with Gasteiger partial charge in [0, 0.05) is 6.04 Å². The van der Waals surface area contributed by atoms with E-state index >= 15 is 0 Å². The average Bonchev–Trinajstić information content (AvgIpc) is 2.30. The summed E-state index contributed by atoms with van der Waals surface area (Å²) < 4.78 is 0. The molecule has 1 rings (SSSR count). The first-order valence-electron chi connectivity index (χ1n) is 5.96. The van der Waals surface area contributed by atoms with Crippen molar-refractivity contribution < 1.29 is 0 Å². The summed E-state index contributed by atoms with van der Waals surface area (Å²) in [5, 5.41) is 3.54. The quantitative estimate of drug-likeness (QED) is 0.715. The molecule has 1 aliphatic carbocycles. The first kappa shape index (κ1) is 12.0. The summed E-state index contributed by atoms with van der Waals surface area (Å²) >= 11 is 0. The molecule has 0 aromatic heterocycles. The molecule has 1 nitrogen and oxygen atoms in total. The molecule has 84 valence electrons. The highest BCUT2D eigenvalue weighted by Gasteiger charge is 2.42. The zero-order chi connectivity index (χ0) is 11.0. The molecule has 0 aliphatic heterocycles. The van der Waals surface area contributed by atoms with Crippen molar-refractivity contribution >= 4 is 0 Å². The third-order valence-corrected chi connectivity index (χ3v) is 3.99. The summed E-state index contributed by atoms with van der Waals surface area (Å²) in [7, 11) is 2.12. The molecule has 0 aromatic rings. The fourth-order valence-corrected chi connectivity index (χ4v) is 3.21. The van der Waals surface area contributed by atoms with Crippen molar-refractivity contribution in [3.8, 4) is 0 Å². The van der Waals surface area contributed by atoms with Crippen LogP contribution in [0, 0.1) is 16.7 Å². The normalized spacial score (nSPS) is 29.1. The molecular weight excluding hydrogens is 170 g/mol. The minimum Gasteiger partial charge on any atom is -0.316 e. The second kappa shape index (κ2) is 3.84. The molecule has 0 saturated heterocycles. The van der Waals surface area contributed by atoms with E-state index in [1.165, 1.54) is 19.3 Å². The minimum atomic E-state index is 0.376. The van der Waals surface area contributed by atoms with Gasteiger partial charge in [-0.3, -0.25) is 0 Å². The van der Waals surface area contributed by atoms with E-state index in [2.05, 4.69) is 47.0 Å². The van der Waals surface area contributed by atoms with Crippen molar-refractivity contribution in [2.75, 3.05) is 7.05 Å². The van der Waals surface area contributed by atoms with Crippen LogP contribution in [0.15, 0.2) is 0 Å². The van der Waals surface area contributed by atoms with Crippen LogP contribution in [0.3, 0.4) is 0 Å². The number of hydrogen-bond acceptors (Lipinski definition) is 1. The Balaban J connectivity index is 2.80. The molecule has 14 heavy (non-hydrogen) atoms. The van der Waals surface area contributed by atoms with Gasteiger partial charge in [0.05, 0.1) is 0 Å². The molecule has 0 heterocycles. The van der Waals surface area contributed by atoms with Crippen molar-refractivity contribution in [2.45, 2.75) is 59.9 Å². The van der Waals surface area contributed by atoms with Gasteiger partial charge >= 0.3 is 0 Å². The molecule has 2 unspecified atom stereocenters. The summed E-state index contributed by atoms with van der Waals surface area (Å²) in [6.07, 6.45) is 4.20. The Labute approximate surface area is 89.7 Å². The fourth-order valence-electron chi connectivity index (χ4n) is 3.21. The minimum absolute atomic E-state index is 0.376. The largest absolute Gasteiger partial charge is 0.316 e. The Kier molecular flexibility index (Phi) is 3.30. The van der Waals surface area contributed by atoms with Crippen molar-refractivity contribution in [3.05, 3.63) is 0 Å².